The molecule has 3 aromatic carbocycles. The van der Waals surface area contributed by atoms with Gasteiger partial charge in [0.05, 0.1) is 10.9 Å². The van der Waals surface area contributed by atoms with Crippen molar-refractivity contribution < 1.29 is 12.6 Å². The number of fused-ring (bicyclic) bond motifs is 1. The van der Waals surface area contributed by atoms with Gasteiger partial charge in [-0.2, -0.15) is 8.42 Å². The van der Waals surface area contributed by atoms with Crippen LogP contribution in [0.3, 0.4) is 0 Å². The average Bonchev–Trinajstić information content (AvgIpc) is 2.74. The van der Waals surface area contributed by atoms with Crippen molar-refractivity contribution in [1.29, 1.82) is 0 Å². The first kappa shape index (κ1) is 20.6. The summed E-state index contributed by atoms with van der Waals surface area (Å²) in [6.07, 6.45) is 0. The van der Waals surface area contributed by atoms with Crippen LogP contribution in [0.25, 0.3) is 10.9 Å². The number of aromatic amines is 2. The minimum atomic E-state index is -4.18. The molecule has 0 aliphatic heterocycles. The smallest absolute Gasteiger partial charge is 0.339 e. The van der Waals surface area contributed by atoms with Gasteiger partial charge < -0.3 is 9.17 Å². The zero-order valence-electron chi connectivity index (χ0n) is 16.9. The molecule has 0 spiro atoms. The van der Waals surface area contributed by atoms with Gasteiger partial charge in [-0.25, -0.2) is 4.79 Å². The van der Waals surface area contributed by atoms with E-state index in [1.165, 1.54) is 18.2 Å². The Morgan fingerprint density at radius 1 is 0.806 bits per heavy atom. The molecule has 7 nitrogen and oxygen atoms in total. The molecule has 0 aliphatic carbocycles. The van der Waals surface area contributed by atoms with Gasteiger partial charge >= 0.3 is 15.8 Å². The number of aromatic nitrogens is 2. The van der Waals surface area contributed by atoms with Crippen LogP contribution in [0.4, 0.5) is 0 Å². The molecule has 0 radical (unpaired) electrons. The van der Waals surface area contributed by atoms with E-state index in [9.17, 15) is 18.0 Å². The molecule has 0 aliphatic rings. The maximum absolute atomic E-state index is 12.7. The van der Waals surface area contributed by atoms with Gasteiger partial charge in [0.1, 0.15) is 10.6 Å². The summed E-state index contributed by atoms with van der Waals surface area (Å²) in [6, 6.07) is 20.7. The Morgan fingerprint density at radius 3 is 2.13 bits per heavy atom. The Kier molecular flexibility index (Phi) is 5.02. The molecular weight excluding hydrogens is 416 g/mol. The van der Waals surface area contributed by atoms with Crippen molar-refractivity contribution in [2.75, 3.05) is 0 Å². The van der Waals surface area contributed by atoms with Crippen LogP contribution >= 0.6 is 0 Å². The summed E-state index contributed by atoms with van der Waals surface area (Å²) in [5, 5.41) is 0.0456. The quantitative estimate of drug-likeness (QED) is 0.467. The summed E-state index contributed by atoms with van der Waals surface area (Å²) in [5.74, 6) is 0.156. The number of benzene rings is 3. The van der Waals surface area contributed by atoms with E-state index < -0.39 is 21.4 Å². The van der Waals surface area contributed by atoms with E-state index in [0.717, 1.165) is 11.1 Å². The Balaban J connectivity index is 1.62. The highest BCUT2D eigenvalue weighted by atomic mass is 32.2. The SMILES string of the molecule is CC(C)(c1ccccc1)c1ccc(OS(=O)(=O)c2ccc3[nH]c(=O)[nH]c(=O)c3c2)cc1. The Bertz CT molecular complexity index is 1470. The predicted octanol–water partition coefficient (Wildman–Crippen LogP) is 3.31. The van der Waals surface area contributed by atoms with E-state index in [0.29, 0.717) is 0 Å². The molecule has 8 heteroatoms. The predicted molar refractivity (Wildman–Crippen MR) is 118 cm³/mol. The largest absolute Gasteiger partial charge is 0.379 e. The first-order valence-electron chi connectivity index (χ1n) is 9.54. The number of H-pyrrole nitrogens is 2. The Hall–Kier alpha value is -3.65. The minimum Gasteiger partial charge on any atom is -0.379 e. The van der Waals surface area contributed by atoms with Crippen molar-refractivity contribution in [2.24, 2.45) is 0 Å². The van der Waals surface area contributed by atoms with E-state index >= 15 is 0 Å². The Labute approximate surface area is 178 Å². The third-order valence-corrected chi connectivity index (χ3v) is 6.52. The van der Waals surface area contributed by atoms with E-state index in [1.807, 2.05) is 42.5 Å². The number of hydrogen-bond donors (Lipinski definition) is 2. The molecule has 0 fully saturated rings. The van der Waals surface area contributed by atoms with Crippen LogP contribution in [0.2, 0.25) is 0 Å². The topological polar surface area (TPSA) is 109 Å². The summed E-state index contributed by atoms with van der Waals surface area (Å²) in [7, 11) is -4.18. The number of nitrogens with one attached hydrogen (secondary N) is 2. The van der Waals surface area contributed by atoms with Crippen LogP contribution in [-0.4, -0.2) is 18.4 Å². The molecular formula is C23H20N2O5S. The average molecular weight is 436 g/mol. The van der Waals surface area contributed by atoms with Crippen molar-refractivity contribution in [1.82, 2.24) is 9.97 Å². The molecule has 0 bridgehead atoms. The summed E-state index contributed by atoms with van der Waals surface area (Å²) in [5.41, 5.74) is 0.765. The zero-order chi connectivity index (χ0) is 22.2. The lowest BCUT2D eigenvalue weighted by molar-refractivity contribution is 0.486. The van der Waals surface area contributed by atoms with Gasteiger partial charge in [-0.05, 0) is 41.5 Å². The van der Waals surface area contributed by atoms with Crippen LogP contribution in [0, 0.1) is 0 Å². The van der Waals surface area contributed by atoms with E-state index in [2.05, 4.69) is 23.8 Å². The van der Waals surface area contributed by atoms with E-state index in [-0.39, 0.29) is 27.0 Å². The highest BCUT2D eigenvalue weighted by molar-refractivity contribution is 7.87. The van der Waals surface area contributed by atoms with Gasteiger partial charge in [-0.15, -0.1) is 0 Å². The van der Waals surface area contributed by atoms with E-state index in [1.54, 1.807) is 12.1 Å². The normalized spacial score (nSPS) is 12.1. The first-order chi connectivity index (χ1) is 14.7. The van der Waals surface area contributed by atoms with Gasteiger partial charge in [0.2, 0.25) is 0 Å². The zero-order valence-corrected chi connectivity index (χ0v) is 17.7. The second-order valence-electron chi connectivity index (χ2n) is 7.67. The van der Waals surface area contributed by atoms with Crippen molar-refractivity contribution >= 4 is 21.0 Å². The maximum Gasteiger partial charge on any atom is 0.339 e. The van der Waals surface area contributed by atoms with Gasteiger partial charge in [0.25, 0.3) is 5.56 Å². The van der Waals surface area contributed by atoms with Crippen LogP contribution in [0.15, 0.2) is 87.3 Å². The van der Waals surface area contributed by atoms with E-state index in [4.69, 9.17) is 4.18 Å². The fraction of sp³-hybridized carbons (Fsp3) is 0.130. The fourth-order valence-electron chi connectivity index (χ4n) is 3.42. The molecule has 1 aromatic heterocycles. The summed E-state index contributed by atoms with van der Waals surface area (Å²) in [6.45, 7) is 4.18. The summed E-state index contributed by atoms with van der Waals surface area (Å²) < 4.78 is 30.7. The van der Waals surface area contributed by atoms with Crippen molar-refractivity contribution in [3.63, 3.8) is 0 Å². The maximum atomic E-state index is 12.7. The lowest BCUT2D eigenvalue weighted by Gasteiger charge is -2.26. The number of rotatable bonds is 5. The van der Waals surface area contributed by atoms with Gasteiger partial charge in [0.15, 0.2) is 0 Å². The van der Waals surface area contributed by atoms with Gasteiger partial charge in [-0.3, -0.25) is 9.78 Å². The fourth-order valence-corrected chi connectivity index (χ4v) is 4.38. The van der Waals surface area contributed by atoms with Crippen LogP contribution in [0.1, 0.15) is 25.0 Å². The first-order valence-corrected chi connectivity index (χ1v) is 10.9. The third kappa shape index (κ3) is 4.02. The second kappa shape index (κ2) is 7.55. The number of hydrogen-bond acceptors (Lipinski definition) is 5. The highest BCUT2D eigenvalue weighted by Crippen LogP contribution is 2.32. The van der Waals surface area contributed by atoms with Gasteiger partial charge in [-0.1, -0.05) is 56.3 Å². The van der Waals surface area contributed by atoms with Crippen LogP contribution in [0.5, 0.6) is 5.75 Å². The molecule has 31 heavy (non-hydrogen) atoms. The molecule has 0 amide bonds. The summed E-state index contributed by atoms with van der Waals surface area (Å²) >= 11 is 0. The van der Waals surface area contributed by atoms with Crippen molar-refractivity contribution in [2.45, 2.75) is 24.2 Å². The van der Waals surface area contributed by atoms with Crippen LogP contribution < -0.4 is 15.4 Å². The lowest BCUT2D eigenvalue weighted by atomic mass is 9.78. The molecule has 1 heterocycles. The highest BCUT2D eigenvalue weighted by Gasteiger charge is 2.23. The van der Waals surface area contributed by atoms with Crippen molar-refractivity contribution in [3.8, 4) is 5.75 Å². The lowest BCUT2D eigenvalue weighted by Crippen LogP contribution is -2.22. The molecule has 158 valence electrons. The third-order valence-electron chi connectivity index (χ3n) is 5.28. The second-order valence-corrected chi connectivity index (χ2v) is 9.21. The molecule has 4 aromatic rings. The molecule has 2 N–H and O–H groups in total. The Morgan fingerprint density at radius 2 is 1.45 bits per heavy atom. The summed E-state index contributed by atoms with van der Waals surface area (Å²) in [4.78, 5) is 27.7. The molecule has 0 unspecified atom stereocenters. The molecule has 0 saturated carbocycles. The molecule has 4 rings (SSSR count). The van der Waals surface area contributed by atoms with Crippen molar-refractivity contribution in [3.05, 3.63) is 105 Å². The van der Waals surface area contributed by atoms with Crippen LogP contribution in [-0.2, 0) is 15.5 Å². The molecule has 0 atom stereocenters. The standard InChI is InChI=1S/C23H20N2O5S/c1-23(2,15-6-4-3-5-7-15)16-8-10-17(11-9-16)30-31(28,29)18-12-13-20-19(14-18)21(26)25-22(27)24-20/h3-14H,1-2H3,(H2,24,25,26,27). The minimum absolute atomic E-state index is 0.0456. The molecule has 0 saturated heterocycles. The monoisotopic (exact) mass is 436 g/mol. The van der Waals surface area contributed by atoms with Gasteiger partial charge in [0, 0.05) is 5.41 Å².